The smallest absolute Gasteiger partial charge is 0.269 e. The molecule has 1 aliphatic rings. The highest BCUT2D eigenvalue weighted by Crippen LogP contribution is 2.32. The number of aromatic nitrogens is 2. The molecule has 4 rings (SSSR count). The highest BCUT2D eigenvalue weighted by atomic mass is 16.5. The minimum Gasteiger partial charge on any atom is -0.457 e. The third-order valence-electron chi connectivity index (χ3n) is 5.47. The molecule has 2 heterocycles. The lowest BCUT2D eigenvalue weighted by Gasteiger charge is -2.22. The average Bonchev–Trinajstić information content (AvgIpc) is 3.44. The third kappa shape index (κ3) is 4.86. The second-order valence-corrected chi connectivity index (χ2v) is 7.78. The Balaban J connectivity index is 1.44. The van der Waals surface area contributed by atoms with E-state index in [1.807, 2.05) is 61.5 Å². The Kier molecular flexibility index (Phi) is 6.18. The molecule has 0 aliphatic carbocycles. The van der Waals surface area contributed by atoms with Gasteiger partial charge in [-0.2, -0.15) is 10.4 Å². The van der Waals surface area contributed by atoms with Gasteiger partial charge in [0, 0.05) is 24.2 Å². The van der Waals surface area contributed by atoms with Crippen LogP contribution in [-0.4, -0.2) is 39.6 Å². The van der Waals surface area contributed by atoms with Crippen molar-refractivity contribution in [2.75, 3.05) is 6.54 Å². The quantitative estimate of drug-likeness (QED) is 0.561. The van der Waals surface area contributed by atoms with E-state index in [0.29, 0.717) is 17.1 Å². The highest BCUT2D eigenvalue weighted by molar-refractivity contribution is 5.93. The number of ether oxygens (including phenoxy) is 1. The zero-order valence-electron chi connectivity index (χ0n) is 17.4. The number of carbonyl (C=O) groups excluding carboxylic acids is 1. The molecule has 3 aromatic rings. The molecule has 1 amide bonds. The first-order chi connectivity index (χ1) is 15.1. The number of hydrogen-bond acceptors (Lipinski definition) is 5. The van der Waals surface area contributed by atoms with Gasteiger partial charge in [-0.25, -0.2) is 0 Å². The van der Waals surface area contributed by atoms with Crippen LogP contribution < -0.4 is 10.1 Å². The van der Waals surface area contributed by atoms with Gasteiger partial charge in [0.15, 0.2) is 6.19 Å². The largest absolute Gasteiger partial charge is 0.457 e. The number of likely N-dealkylation sites (tertiary alicyclic amines) is 1. The van der Waals surface area contributed by atoms with Gasteiger partial charge in [0.1, 0.15) is 17.2 Å². The van der Waals surface area contributed by atoms with Crippen LogP contribution in [0.3, 0.4) is 0 Å². The van der Waals surface area contributed by atoms with Gasteiger partial charge in [-0.1, -0.05) is 30.3 Å². The van der Waals surface area contributed by atoms with Crippen molar-refractivity contribution in [2.24, 2.45) is 0 Å². The monoisotopic (exact) mass is 415 g/mol. The molecule has 2 N–H and O–H groups in total. The number of amides is 1. The number of carbonyl (C=O) groups is 1. The molecule has 7 heteroatoms. The molecule has 0 saturated carbocycles. The first-order valence-electron chi connectivity index (χ1n) is 10.5. The molecule has 1 saturated heterocycles. The Morgan fingerprint density at radius 2 is 2.06 bits per heavy atom. The van der Waals surface area contributed by atoms with E-state index in [0.717, 1.165) is 37.1 Å². The van der Waals surface area contributed by atoms with Crippen LogP contribution >= 0.6 is 0 Å². The molecular weight excluding hydrogens is 390 g/mol. The summed E-state index contributed by atoms with van der Waals surface area (Å²) in [6.45, 7) is 2.77. The lowest BCUT2D eigenvalue weighted by molar-refractivity contribution is 0.0929. The number of nitrogens with one attached hydrogen (secondary N) is 2. The van der Waals surface area contributed by atoms with Gasteiger partial charge in [-0.15, -0.1) is 0 Å². The predicted octanol–water partition coefficient (Wildman–Crippen LogP) is 4.32. The fourth-order valence-corrected chi connectivity index (χ4v) is 3.94. The summed E-state index contributed by atoms with van der Waals surface area (Å²) in [7, 11) is 0. The second-order valence-electron chi connectivity index (χ2n) is 7.78. The molecule has 0 radical (unpaired) electrons. The molecule has 31 heavy (non-hydrogen) atoms. The molecule has 158 valence electrons. The summed E-state index contributed by atoms with van der Waals surface area (Å²) < 4.78 is 6.01. The number of nitriles is 1. The fourth-order valence-electron chi connectivity index (χ4n) is 3.94. The topological polar surface area (TPSA) is 94.0 Å². The maximum absolute atomic E-state index is 12.7. The van der Waals surface area contributed by atoms with E-state index < -0.39 is 0 Å². The van der Waals surface area contributed by atoms with Gasteiger partial charge in [-0.05, 0) is 56.5 Å². The first kappa shape index (κ1) is 20.5. The lowest BCUT2D eigenvalue weighted by atomic mass is 10.1. The summed E-state index contributed by atoms with van der Waals surface area (Å²) in [5.74, 6) is 1.18. The molecule has 0 spiro atoms. The second kappa shape index (κ2) is 9.35. The van der Waals surface area contributed by atoms with Crippen LogP contribution in [0.2, 0.25) is 0 Å². The Labute approximate surface area is 181 Å². The summed E-state index contributed by atoms with van der Waals surface area (Å²) in [4.78, 5) is 14.5. The number of aromatic amines is 1. The lowest BCUT2D eigenvalue weighted by Crippen LogP contribution is -2.38. The van der Waals surface area contributed by atoms with E-state index in [4.69, 9.17) is 4.74 Å². The molecular formula is C24H25N5O2. The zero-order chi connectivity index (χ0) is 21.6. The number of para-hydroxylation sites is 2. The maximum atomic E-state index is 12.7. The number of H-pyrrole nitrogens is 1. The van der Waals surface area contributed by atoms with Crippen molar-refractivity contribution < 1.29 is 9.53 Å². The Morgan fingerprint density at radius 3 is 2.87 bits per heavy atom. The van der Waals surface area contributed by atoms with E-state index in [2.05, 4.69) is 21.7 Å². The molecule has 1 aromatic heterocycles. The van der Waals surface area contributed by atoms with E-state index in [9.17, 15) is 10.1 Å². The van der Waals surface area contributed by atoms with Crippen LogP contribution in [0.1, 0.15) is 36.7 Å². The van der Waals surface area contributed by atoms with Crippen LogP contribution in [0.25, 0.3) is 11.3 Å². The summed E-state index contributed by atoms with van der Waals surface area (Å²) >= 11 is 0. The van der Waals surface area contributed by atoms with Crippen molar-refractivity contribution in [3.63, 3.8) is 0 Å². The van der Waals surface area contributed by atoms with Gasteiger partial charge in [0.05, 0.1) is 5.69 Å². The molecule has 1 fully saturated rings. The van der Waals surface area contributed by atoms with Gasteiger partial charge < -0.3 is 15.0 Å². The minimum atomic E-state index is -0.214. The predicted molar refractivity (Wildman–Crippen MR) is 117 cm³/mol. The summed E-state index contributed by atoms with van der Waals surface area (Å²) in [5, 5.41) is 19.4. The normalized spacial score (nSPS) is 16.5. The summed E-state index contributed by atoms with van der Waals surface area (Å²) in [6, 6.07) is 19.0. The van der Waals surface area contributed by atoms with Crippen molar-refractivity contribution in [1.29, 1.82) is 5.26 Å². The van der Waals surface area contributed by atoms with Crippen LogP contribution in [0.15, 0.2) is 60.7 Å². The van der Waals surface area contributed by atoms with E-state index in [-0.39, 0.29) is 18.0 Å². The minimum absolute atomic E-state index is 0.0492. The molecule has 0 unspecified atom stereocenters. The van der Waals surface area contributed by atoms with Crippen molar-refractivity contribution in [2.45, 2.75) is 38.3 Å². The maximum Gasteiger partial charge on any atom is 0.269 e. The number of nitrogens with zero attached hydrogens (tertiary/aromatic N) is 3. The Hall–Kier alpha value is -3.79. The van der Waals surface area contributed by atoms with Crippen molar-refractivity contribution in [3.05, 3.63) is 66.4 Å². The van der Waals surface area contributed by atoms with Crippen LogP contribution in [-0.2, 0) is 0 Å². The Bertz CT molecular complexity index is 1070. The molecule has 1 aliphatic heterocycles. The highest BCUT2D eigenvalue weighted by Gasteiger charge is 2.26. The molecule has 0 bridgehead atoms. The van der Waals surface area contributed by atoms with Gasteiger partial charge in [0.2, 0.25) is 0 Å². The summed E-state index contributed by atoms with van der Waals surface area (Å²) in [5.41, 5.74) is 1.82. The van der Waals surface area contributed by atoms with Crippen molar-refractivity contribution in [1.82, 2.24) is 20.4 Å². The molecule has 7 nitrogen and oxygen atoms in total. The van der Waals surface area contributed by atoms with Crippen LogP contribution in [0.4, 0.5) is 0 Å². The number of hydrogen-bond donors (Lipinski definition) is 2. The fraction of sp³-hybridized carbons (Fsp3) is 0.292. The molecule has 2 atom stereocenters. The van der Waals surface area contributed by atoms with Crippen molar-refractivity contribution in [3.8, 4) is 28.9 Å². The average molecular weight is 415 g/mol. The zero-order valence-corrected chi connectivity index (χ0v) is 17.4. The van der Waals surface area contributed by atoms with Gasteiger partial charge >= 0.3 is 0 Å². The Morgan fingerprint density at radius 1 is 1.29 bits per heavy atom. The number of benzene rings is 2. The van der Waals surface area contributed by atoms with Crippen molar-refractivity contribution >= 4 is 5.91 Å². The summed E-state index contributed by atoms with van der Waals surface area (Å²) in [6.07, 6.45) is 4.99. The first-order valence-corrected chi connectivity index (χ1v) is 10.5. The van der Waals surface area contributed by atoms with Gasteiger partial charge in [0.25, 0.3) is 5.91 Å². The SMILES string of the molecule is C[C@H](C[C@H]1CCCN1C#N)NC(=O)c1cc(-c2ccccc2Oc2ccccc2)n[nH]1. The van der Waals surface area contributed by atoms with Crippen LogP contribution in [0.5, 0.6) is 11.5 Å². The van der Waals surface area contributed by atoms with E-state index in [1.165, 1.54) is 0 Å². The van der Waals surface area contributed by atoms with E-state index in [1.54, 1.807) is 11.0 Å². The standard InChI is InChI=1S/C24H25N5O2/c1-17(14-18-8-7-13-29(18)16-25)26-24(30)22-15-21(27-28-22)20-11-5-6-12-23(20)31-19-9-3-2-4-10-19/h2-6,9-12,15,17-18H,7-8,13-14H2,1H3,(H,26,30)(H,27,28)/t17-,18-/m1/s1. The number of rotatable bonds is 7. The van der Waals surface area contributed by atoms with Crippen LogP contribution in [0, 0.1) is 11.5 Å². The van der Waals surface area contributed by atoms with E-state index >= 15 is 0 Å². The third-order valence-corrected chi connectivity index (χ3v) is 5.47. The van der Waals surface area contributed by atoms with Gasteiger partial charge in [-0.3, -0.25) is 9.89 Å². The molecule has 2 aromatic carbocycles.